The van der Waals surface area contributed by atoms with Crippen LogP contribution in [-0.2, 0) is 25.6 Å². The van der Waals surface area contributed by atoms with Gasteiger partial charge in [-0.2, -0.15) is 0 Å². The van der Waals surface area contributed by atoms with Crippen LogP contribution in [0.25, 0.3) is 0 Å². The monoisotopic (exact) mass is 632 g/mol. The second-order valence-electron chi connectivity index (χ2n) is 11.4. The molecule has 2 amide bonds. The first-order chi connectivity index (χ1) is 21.4. The maximum atomic E-state index is 14.3. The lowest BCUT2D eigenvalue weighted by Crippen LogP contribution is -2.52. The number of halogens is 2. The summed E-state index contributed by atoms with van der Waals surface area (Å²) in [6, 6.07) is 1.88. The number of oxime groups is 1. The van der Waals surface area contributed by atoms with Gasteiger partial charge in [0.1, 0.15) is 23.3 Å². The molecule has 5 atom stereocenters. The normalized spacial score (nSPS) is 23.3. The van der Waals surface area contributed by atoms with Crippen molar-refractivity contribution in [3.05, 3.63) is 63.1 Å². The molecule has 0 radical (unpaired) electrons. The lowest BCUT2D eigenvalue weighted by molar-refractivity contribution is -0.0656. The Kier molecular flexibility index (Phi) is 8.83. The minimum Gasteiger partial charge on any atom is -0.482 e. The zero-order chi connectivity index (χ0) is 32.6. The molecule has 1 N–H and O–H groups in total. The first kappa shape index (κ1) is 31.9. The molecule has 0 saturated carbocycles. The average molecular weight is 633 g/mol. The molecule has 15 heteroatoms. The van der Waals surface area contributed by atoms with Crippen LogP contribution < -0.4 is 15.5 Å². The van der Waals surface area contributed by atoms with E-state index in [1.54, 1.807) is 18.7 Å². The van der Waals surface area contributed by atoms with Gasteiger partial charge in [0.15, 0.2) is 11.3 Å². The number of hydrogen-bond acceptors (Lipinski definition) is 10. The Morgan fingerprint density at radius 2 is 1.96 bits per heavy atom. The molecule has 1 aromatic heterocycles. The highest BCUT2D eigenvalue weighted by Crippen LogP contribution is 2.46. The summed E-state index contributed by atoms with van der Waals surface area (Å²) >= 11 is 0. The van der Waals surface area contributed by atoms with Gasteiger partial charge < -0.3 is 38.6 Å². The number of pyridine rings is 1. The molecule has 3 aliphatic heterocycles. The zero-order valence-electron chi connectivity index (χ0n) is 25.4. The van der Waals surface area contributed by atoms with E-state index in [2.05, 4.69) is 10.5 Å². The number of nitrogens with one attached hydrogen (secondary N) is 1. The van der Waals surface area contributed by atoms with Crippen molar-refractivity contribution < 1.29 is 46.9 Å². The van der Waals surface area contributed by atoms with Crippen LogP contribution in [0.3, 0.4) is 0 Å². The lowest BCUT2D eigenvalue weighted by atomic mass is 9.85. The zero-order valence-corrected chi connectivity index (χ0v) is 25.4. The average Bonchev–Trinajstić information content (AvgIpc) is 3.39. The number of aromatic nitrogens is 1. The highest BCUT2D eigenvalue weighted by Gasteiger charge is 2.55. The first-order valence-corrected chi connectivity index (χ1v) is 14.4. The van der Waals surface area contributed by atoms with Crippen molar-refractivity contribution in [2.75, 3.05) is 20.8 Å². The van der Waals surface area contributed by atoms with Crippen LogP contribution in [0.5, 0.6) is 5.75 Å². The quantitative estimate of drug-likeness (QED) is 0.454. The molecule has 2 unspecified atom stereocenters. The third-order valence-electron chi connectivity index (χ3n) is 8.70. The highest BCUT2D eigenvalue weighted by molar-refractivity contribution is 6.00. The summed E-state index contributed by atoms with van der Waals surface area (Å²) in [5.74, 6) is -3.62. The number of fused-ring (bicyclic) bond motifs is 5. The van der Waals surface area contributed by atoms with E-state index in [0.717, 1.165) is 12.1 Å². The van der Waals surface area contributed by atoms with Crippen molar-refractivity contribution in [2.24, 2.45) is 5.16 Å². The molecular formula is C30H34F2N4O9. The van der Waals surface area contributed by atoms with Crippen LogP contribution in [0.1, 0.15) is 72.5 Å². The van der Waals surface area contributed by atoms with Gasteiger partial charge in [0, 0.05) is 44.1 Å². The van der Waals surface area contributed by atoms with E-state index >= 15 is 0 Å². The summed E-state index contributed by atoms with van der Waals surface area (Å²) < 4.78 is 50.3. The molecule has 1 saturated heterocycles. The SMILES string of the molecule is COC1=NO[C@@]2(CC[C@H](C)N3C[C@H]2n2cc(C(=O)NCc4ccc(F)cc4F)c(=O)c(OC(=O)OC(C)C(C)OC)c2C3=O)C1. The first-order valence-electron chi connectivity index (χ1n) is 14.4. The fourth-order valence-corrected chi connectivity index (χ4v) is 5.75. The summed E-state index contributed by atoms with van der Waals surface area (Å²) in [4.78, 5) is 61.7. The Labute approximate surface area is 257 Å². The van der Waals surface area contributed by atoms with Crippen molar-refractivity contribution >= 4 is 23.9 Å². The van der Waals surface area contributed by atoms with Crippen LogP contribution >= 0.6 is 0 Å². The molecular weight excluding hydrogens is 598 g/mol. The molecule has 3 aliphatic rings. The molecule has 2 aromatic rings. The Hall–Kier alpha value is -4.53. The predicted octanol–water partition coefficient (Wildman–Crippen LogP) is 3.29. The van der Waals surface area contributed by atoms with Gasteiger partial charge in [-0.1, -0.05) is 11.2 Å². The molecule has 1 spiro atoms. The minimum absolute atomic E-state index is 0.0322. The Morgan fingerprint density at radius 3 is 2.62 bits per heavy atom. The number of hydrogen-bond donors (Lipinski definition) is 1. The van der Waals surface area contributed by atoms with E-state index in [-0.39, 0.29) is 36.8 Å². The van der Waals surface area contributed by atoms with E-state index in [9.17, 15) is 28.0 Å². The maximum absolute atomic E-state index is 14.3. The second kappa shape index (κ2) is 12.5. The van der Waals surface area contributed by atoms with Gasteiger partial charge in [0.2, 0.25) is 17.1 Å². The van der Waals surface area contributed by atoms with Gasteiger partial charge in [-0.05, 0) is 39.7 Å². The van der Waals surface area contributed by atoms with Crippen molar-refractivity contribution in [2.45, 2.75) is 76.5 Å². The molecule has 5 rings (SSSR count). The fraction of sp³-hybridized carbons (Fsp3) is 0.500. The fourth-order valence-electron chi connectivity index (χ4n) is 5.75. The number of nitrogens with zero attached hydrogens (tertiary/aromatic N) is 3. The molecule has 13 nitrogen and oxygen atoms in total. The van der Waals surface area contributed by atoms with Crippen LogP contribution in [0.4, 0.5) is 13.6 Å². The summed E-state index contributed by atoms with van der Waals surface area (Å²) in [5, 5.41) is 6.52. The second-order valence-corrected chi connectivity index (χ2v) is 11.4. The van der Waals surface area contributed by atoms with Gasteiger partial charge in [-0.3, -0.25) is 14.4 Å². The highest BCUT2D eigenvalue weighted by atomic mass is 19.1. The number of methoxy groups -OCH3 is 2. The number of rotatable bonds is 7. The van der Waals surface area contributed by atoms with Crippen LogP contribution in [0.15, 0.2) is 34.3 Å². The van der Waals surface area contributed by atoms with Gasteiger partial charge >= 0.3 is 6.16 Å². The summed E-state index contributed by atoms with van der Waals surface area (Å²) in [5.41, 5.74) is -2.90. The van der Waals surface area contributed by atoms with Gasteiger partial charge in [-0.25, -0.2) is 13.6 Å². The van der Waals surface area contributed by atoms with Crippen molar-refractivity contribution in [3.8, 4) is 5.75 Å². The van der Waals surface area contributed by atoms with Crippen LogP contribution in [0, 0.1) is 11.6 Å². The number of benzene rings is 1. The van der Waals surface area contributed by atoms with Gasteiger partial charge in [0.05, 0.1) is 25.7 Å². The molecule has 242 valence electrons. The molecule has 1 fully saturated rings. The molecule has 45 heavy (non-hydrogen) atoms. The topological polar surface area (TPSA) is 147 Å². The smallest absolute Gasteiger partial charge is 0.482 e. The Morgan fingerprint density at radius 1 is 1.20 bits per heavy atom. The standard InChI is InChI=1S/C30H34F2N4O9/c1-15-8-9-30(11-23(42-5)34-45-30)22-14-35(15)28(39)24-26(44-29(40)43-17(3)16(2)41-4)25(37)20(13-36(22)24)27(38)33-12-18-6-7-19(31)10-21(18)32/h6-7,10,13,15-17,22H,8-9,11-12,14H2,1-5H3,(H,33,38)/t15-,16?,17?,22+,30-/m0/s1. The van der Waals surface area contributed by atoms with E-state index in [0.29, 0.717) is 24.8 Å². The number of amides is 2. The Bertz CT molecular complexity index is 1610. The van der Waals surface area contributed by atoms with Crippen LogP contribution in [-0.4, -0.2) is 77.9 Å². The largest absolute Gasteiger partial charge is 0.514 e. The third-order valence-corrected chi connectivity index (χ3v) is 8.70. The van der Waals surface area contributed by atoms with E-state index in [1.807, 2.05) is 6.92 Å². The maximum Gasteiger partial charge on any atom is 0.514 e. The van der Waals surface area contributed by atoms with Crippen molar-refractivity contribution in [1.29, 1.82) is 0 Å². The summed E-state index contributed by atoms with van der Waals surface area (Å²) in [6.45, 7) is 4.81. The summed E-state index contributed by atoms with van der Waals surface area (Å²) in [6.07, 6.45) is -0.200. The lowest BCUT2D eigenvalue weighted by Gasteiger charge is -2.41. The Balaban J connectivity index is 1.60. The number of ether oxygens (including phenoxy) is 4. The van der Waals surface area contributed by atoms with Gasteiger partial charge in [0.25, 0.3) is 11.8 Å². The minimum atomic E-state index is -1.29. The van der Waals surface area contributed by atoms with E-state index in [4.69, 9.17) is 23.8 Å². The molecule has 4 heterocycles. The molecule has 1 aromatic carbocycles. The van der Waals surface area contributed by atoms with Crippen molar-refractivity contribution in [3.63, 3.8) is 0 Å². The van der Waals surface area contributed by atoms with Crippen molar-refractivity contribution in [1.82, 2.24) is 14.8 Å². The van der Waals surface area contributed by atoms with E-state index < -0.39 is 70.2 Å². The van der Waals surface area contributed by atoms with Gasteiger partial charge in [-0.15, -0.1) is 0 Å². The molecule has 2 bridgehead atoms. The third kappa shape index (κ3) is 5.95. The number of carbonyl (C=O) groups is 3. The van der Waals surface area contributed by atoms with Crippen LogP contribution in [0.2, 0.25) is 0 Å². The predicted molar refractivity (Wildman–Crippen MR) is 153 cm³/mol. The molecule has 0 aliphatic carbocycles. The number of carbonyl (C=O) groups excluding carboxylic acids is 3. The van der Waals surface area contributed by atoms with E-state index in [1.165, 1.54) is 25.0 Å². The summed E-state index contributed by atoms with van der Waals surface area (Å²) in [7, 11) is 2.88.